The maximum absolute atomic E-state index is 5.89. The van der Waals surface area contributed by atoms with Crippen LogP contribution < -0.4 is 0 Å². The van der Waals surface area contributed by atoms with Crippen LogP contribution in [-0.2, 0) is 6.42 Å². The Balaban J connectivity index is 2.48. The highest BCUT2D eigenvalue weighted by Gasteiger charge is 2.07. The van der Waals surface area contributed by atoms with Crippen LogP contribution in [0.15, 0.2) is 18.5 Å². The molecule has 0 N–H and O–H groups in total. The maximum atomic E-state index is 5.89. The van der Waals surface area contributed by atoms with Crippen LogP contribution in [0, 0.1) is 0 Å². The molecule has 78 valence electrons. The topological polar surface area (TPSA) is 43.6 Å². The Morgan fingerprint density at radius 3 is 2.80 bits per heavy atom. The van der Waals surface area contributed by atoms with Crippen LogP contribution in [0.1, 0.15) is 12.5 Å². The van der Waals surface area contributed by atoms with Gasteiger partial charge < -0.3 is 0 Å². The first-order chi connectivity index (χ1) is 7.20. The molecule has 0 atom stereocenters. The monoisotopic (exact) mass is 242 g/mol. The maximum Gasteiger partial charge on any atom is 0.177 e. The summed E-state index contributed by atoms with van der Waals surface area (Å²) in [5, 5.41) is 12.1. The lowest BCUT2D eigenvalue weighted by Gasteiger charge is -2.02. The van der Waals surface area contributed by atoms with Crippen molar-refractivity contribution in [2.24, 2.45) is 0 Å². The third-order valence-corrected chi connectivity index (χ3v) is 2.45. The first kappa shape index (κ1) is 10.4. The minimum Gasteiger partial charge on any atom is -0.237 e. The Labute approximate surface area is 96.8 Å². The molecule has 0 aliphatic rings. The van der Waals surface area contributed by atoms with Gasteiger partial charge in [0, 0.05) is 12.3 Å². The predicted molar refractivity (Wildman–Crippen MR) is 58.6 cm³/mol. The van der Waals surface area contributed by atoms with Gasteiger partial charge >= 0.3 is 0 Å². The average molecular weight is 243 g/mol. The molecule has 0 aliphatic heterocycles. The molecular weight excluding hydrogens is 235 g/mol. The van der Waals surface area contributed by atoms with Crippen LogP contribution in [0.2, 0.25) is 10.3 Å². The largest absolute Gasteiger partial charge is 0.237 e. The standard InChI is InChI=1S/C9H8Cl2N4/c1-2-6-4-12-15(5-6)7-3-8(10)13-14-9(7)11/h3-5H,2H2,1H3. The molecule has 0 aliphatic carbocycles. The van der Waals surface area contributed by atoms with Gasteiger partial charge in [0.25, 0.3) is 0 Å². The smallest absolute Gasteiger partial charge is 0.177 e. The van der Waals surface area contributed by atoms with Gasteiger partial charge in [0.15, 0.2) is 10.3 Å². The first-order valence-electron chi connectivity index (χ1n) is 4.43. The normalized spacial score (nSPS) is 10.6. The van der Waals surface area contributed by atoms with Crippen molar-refractivity contribution in [3.05, 3.63) is 34.3 Å². The summed E-state index contributed by atoms with van der Waals surface area (Å²) in [6, 6.07) is 1.63. The van der Waals surface area contributed by atoms with Gasteiger partial charge in [0.1, 0.15) is 5.69 Å². The van der Waals surface area contributed by atoms with E-state index in [1.807, 2.05) is 6.20 Å². The molecule has 0 bridgehead atoms. The van der Waals surface area contributed by atoms with Gasteiger partial charge in [-0.05, 0) is 12.0 Å². The molecule has 0 fully saturated rings. The Hall–Kier alpha value is -1.13. The Morgan fingerprint density at radius 2 is 2.13 bits per heavy atom. The minimum atomic E-state index is 0.283. The summed E-state index contributed by atoms with van der Waals surface area (Å²) >= 11 is 11.6. The average Bonchev–Trinajstić information content (AvgIpc) is 2.70. The summed E-state index contributed by atoms with van der Waals surface area (Å²) in [5.41, 5.74) is 1.76. The molecule has 0 radical (unpaired) electrons. The molecular formula is C9H8Cl2N4. The second kappa shape index (κ2) is 4.16. The molecule has 0 amide bonds. The Morgan fingerprint density at radius 1 is 1.33 bits per heavy atom. The van der Waals surface area contributed by atoms with Gasteiger partial charge in [-0.2, -0.15) is 5.10 Å². The van der Waals surface area contributed by atoms with Crippen LogP contribution in [-0.4, -0.2) is 20.0 Å². The van der Waals surface area contributed by atoms with Crippen LogP contribution in [0.4, 0.5) is 0 Å². The molecule has 0 aromatic carbocycles. The Bertz CT molecular complexity index is 481. The van der Waals surface area contributed by atoms with Gasteiger partial charge in [0.2, 0.25) is 0 Å². The third kappa shape index (κ3) is 2.11. The van der Waals surface area contributed by atoms with E-state index in [9.17, 15) is 0 Å². The van der Waals surface area contributed by atoms with Crippen LogP contribution in [0.5, 0.6) is 0 Å². The molecule has 2 heterocycles. The molecule has 0 unspecified atom stereocenters. The first-order valence-corrected chi connectivity index (χ1v) is 5.19. The molecule has 15 heavy (non-hydrogen) atoms. The van der Waals surface area contributed by atoms with Gasteiger partial charge in [-0.3, -0.25) is 0 Å². The fourth-order valence-electron chi connectivity index (χ4n) is 1.18. The van der Waals surface area contributed by atoms with E-state index in [1.165, 1.54) is 0 Å². The van der Waals surface area contributed by atoms with Gasteiger partial charge in [-0.1, -0.05) is 30.1 Å². The summed E-state index contributed by atoms with van der Waals surface area (Å²) in [6.07, 6.45) is 4.59. The van der Waals surface area contributed by atoms with Crippen molar-refractivity contribution in [1.82, 2.24) is 20.0 Å². The van der Waals surface area contributed by atoms with Gasteiger partial charge in [0.05, 0.1) is 6.20 Å². The molecule has 2 rings (SSSR count). The lowest BCUT2D eigenvalue weighted by Crippen LogP contribution is -1.98. The number of halogens is 2. The fourth-order valence-corrected chi connectivity index (χ4v) is 1.50. The second-order valence-electron chi connectivity index (χ2n) is 2.99. The summed E-state index contributed by atoms with van der Waals surface area (Å²) in [7, 11) is 0. The highest BCUT2D eigenvalue weighted by molar-refractivity contribution is 6.32. The zero-order valence-electron chi connectivity index (χ0n) is 7.98. The van der Waals surface area contributed by atoms with Crippen molar-refractivity contribution >= 4 is 23.2 Å². The fraction of sp³-hybridized carbons (Fsp3) is 0.222. The van der Waals surface area contributed by atoms with Crippen LogP contribution >= 0.6 is 23.2 Å². The summed E-state index contributed by atoms with van der Waals surface area (Å²) in [6.45, 7) is 2.06. The molecule has 4 nitrogen and oxygen atoms in total. The summed E-state index contributed by atoms with van der Waals surface area (Å²) in [5.74, 6) is 0. The van der Waals surface area contributed by atoms with E-state index in [0.717, 1.165) is 12.0 Å². The Kier molecular flexibility index (Phi) is 2.88. The van der Waals surface area contributed by atoms with Crippen molar-refractivity contribution < 1.29 is 0 Å². The third-order valence-electron chi connectivity index (χ3n) is 1.99. The number of aromatic nitrogens is 4. The van der Waals surface area contributed by atoms with E-state index in [0.29, 0.717) is 10.8 Å². The lowest BCUT2D eigenvalue weighted by atomic mass is 10.3. The van der Waals surface area contributed by atoms with E-state index >= 15 is 0 Å². The van der Waals surface area contributed by atoms with Crippen molar-refractivity contribution in [3.8, 4) is 5.69 Å². The van der Waals surface area contributed by atoms with Gasteiger partial charge in [-0.15, -0.1) is 10.2 Å². The molecule has 0 spiro atoms. The van der Waals surface area contributed by atoms with E-state index in [2.05, 4.69) is 22.2 Å². The van der Waals surface area contributed by atoms with Crippen LogP contribution in [0.3, 0.4) is 0 Å². The van der Waals surface area contributed by atoms with E-state index in [-0.39, 0.29) is 5.15 Å². The molecule has 0 saturated heterocycles. The van der Waals surface area contributed by atoms with Crippen molar-refractivity contribution in [1.29, 1.82) is 0 Å². The van der Waals surface area contributed by atoms with Crippen molar-refractivity contribution in [2.75, 3.05) is 0 Å². The molecule has 2 aromatic rings. The number of hydrogen-bond donors (Lipinski definition) is 0. The quantitative estimate of drug-likeness (QED) is 0.813. The minimum absolute atomic E-state index is 0.283. The predicted octanol–water partition coefficient (Wildman–Crippen LogP) is 2.53. The lowest BCUT2D eigenvalue weighted by molar-refractivity contribution is 0.859. The van der Waals surface area contributed by atoms with E-state index in [4.69, 9.17) is 23.2 Å². The number of rotatable bonds is 2. The summed E-state index contributed by atoms with van der Waals surface area (Å²) < 4.78 is 1.64. The zero-order chi connectivity index (χ0) is 10.8. The van der Waals surface area contributed by atoms with Crippen molar-refractivity contribution in [2.45, 2.75) is 13.3 Å². The molecule has 2 aromatic heterocycles. The van der Waals surface area contributed by atoms with Crippen LogP contribution in [0.25, 0.3) is 5.69 Å². The highest BCUT2D eigenvalue weighted by Crippen LogP contribution is 2.19. The zero-order valence-corrected chi connectivity index (χ0v) is 9.50. The van der Waals surface area contributed by atoms with Crippen molar-refractivity contribution in [3.63, 3.8) is 0 Å². The number of nitrogens with zero attached hydrogens (tertiary/aromatic N) is 4. The number of aryl methyl sites for hydroxylation is 1. The second-order valence-corrected chi connectivity index (χ2v) is 3.74. The SMILES string of the molecule is CCc1cnn(-c2cc(Cl)nnc2Cl)c1. The van der Waals surface area contributed by atoms with Gasteiger partial charge in [-0.25, -0.2) is 4.68 Å². The van der Waals surface area contributed by atoms with E-state index < -0.39 is 0 Å². The highest BCUT2D eigenvalue weighted by atomic mass is 35.5. The summed E-state index contributed by atoms with van der Waals surface area (Å²) in [4.78, 5) is 0. The molecule has 6 heteroatoms. The van der Waals surface area contributed by atoms with E-state index in [1.54, 1.807) is 16.9 Å². The number of hydrogen-bond acceptors (Lipinski definition) is 3. The molecule has 0 saturated carbocycles.